The third kappa shape index (κ3) is 4.38. The van der Waals surface area contributed by atoms with Gasteiger partial charge in [0.2, 0.25) is 0 Å². The molecule has 11 heavy (non-hydrogen) atoms. The van der Waals surface area contributed by atoms with Crippen molar-refractivity contribution in [2.24, 2.45) is 0 Å². The molecule has 0 saturated carbocycles. The molecule has 0 aliphatic carbocycles. The van der Waals surface area contributed by atoms with Gasteiger partial charge in [-0.1, -0.05) is 0 Å². The summed E-state index contributed by atoms with van der Waals surface area (Å²) >= 11 is 0. The maximum atomic E-state index is 4.94. The summed E-state index contributed by atoms with van der Waals surface area (Å²) in [6.07, 6.45) is 5.38. The molecule has 0 atom stereocenters. The van der Waals surface area contributed by atoms with Gasteiger partial charge in [-0.25, -0.2) is 0 Å². The summed E-state index contributed by atoms with van der Waals surface area (Å²) in [4.78, 5) is 2.36. The molecule has 66 valence electrons. The Hall–Kier alpha value is -0.0800. The van der Waals surface area contributed by atoms with Crippen LogP contribution in [0.1, 0.15) is 25.7 Å². The van der Waals surface area contributed by atoms with Gasteiger partial charge in [-0.3, -0.25) is 0 Å². The molecular formula is C9H19NO. The van der Waals surface area contributed by atoms with Crippen LogP contribution in [0.5, 0.6) is 0 Å². The Morgan fingerprint density at radius 3 is 1.64 bits per heavy atom. The Balaban J connectivity index is 0.000000112. The van der Waals surface area contributed by atoms with E-state index < -0.39 is 0 Å². The Bertz CT molecular complexity index is 78.0. The van der Waals surface area contributed by atoms with Gasteiger partial charge >= 0.3 is 0 Å². The van der Waals surface area contributed by atoms with Crippen molar-refractivity contribution in [3.63, 3.8) is 0 Å². The number of nitrogens with zero attached hydrogens (tertiary/aromatic N) is 1. The molecule has 2 saturated heterocycles. The molecular weight excluding hydrogens is 138 g/mol. The number of hydrogen-bond donors (Lipinski definition) is 0. The predicted molar refractivity (Wildman–Crippen MR) is 46.8 cm³/mol. The molecule has 2 heterocycles. The van der Waals surface area contributed by atoms with Gasteiger partial charge in [0.1, 0.15) is 0 Å². The van der Waals surface area contributed by atoms with E-state index in [0.717, 1.165) is 13.2 Å². The zero-order valence-electron chi connectivity index (χ0n) is 7.51. The minimum Gasteiger partial charge on any atom is -0.381 e. The molecule has 0 bridgehead atoms. The lowest BCUT2D eigenvalue weighted by Crippen LogP contribution is -2.10. The van der Waals surface area contributed by atoms with Crippen molar-refractivity contribution in [1.29, 1.82) is 0 Å². The van der Waals surface area contributed by atoms with Gasteiger partial charge in [0.25, 0.3) is 0 Å². The fourth-order valence-electron chi connectivity index (χ4n) is 1.39. The molecule has 2 rings (SSSR count). The molecule has 0 aromatic rings. The minimum absolute atomic E-state index is 1.00. The van der Waals surface area contributed by atoms with Gasteiger partial charge in [-0.2, -0.15) is 0 Å². The third-order valence-corrected chi connectivity index (χ3v) is 2.16. The van der Waals surface area contributed by atoms with E-state index in [4.69, 9.17) is 4.74 Å². The van der Waals surface area contributed by atoms with E-state index in [2.05, 4.69) is 11.9 Å². The summed E-state index contributed by atoms with van der Waals surface area (Å²) in [6.45, 7) is 4.64. The Kier molecular flexibility index (Phi) is 4.55. The molecule has 0 spiro atoms. The lowest BCUT2D eigenvalue weighted by atomic mass is 10.4. The maximum absolute atomic E-state index is 4.94. The van der Waals surface area contributed by atoms with E-state index >= 15 is 0 Å². The SMILES string of the molecule is C1CCOC1.CN1CCCC1. The quantitative estimate of drug-likeness (QED) is 0.528. The van der Waals surface area contributed by atoms with Crippen LogP contribution in [0.4, 0.5) is 0 Å². The van der Waals surface area contributed by atoms with Crippen molar-refractivity contribution in [3.8, 4) is 0 Å². The monoisotopic (exact) mass is 157 g/mol. The molecule has 0 N–H and O–H groups in total. The van der Waals surface area contributed by atoms with Crippen molar-refractivity contribution in [3.05, 3.63) is 0 Å². The maximum Gasteiger partial charge on any atom is 0.0466 e. The second kappa shape index (κ2) is 5.56. The standard InChI is InChI=1S/C5H11N.C4H8O/c1-6-4-2-3-5-6;1-2-4-5-3-1/h2-5H2,1H3;1-4H2. The smallest absolute Gasteiger partial charge is 0.0466 e. The largest absolute Gasteiger partial charge is 0.381 e. The van der Waals surface area contributed by atoms with Crippen molar-refractivity contribution in [2.75, 3.05) is 33.4 Å². The number of likely N-dealkylation sites (tertiary alicyclic amines) is 1. The second-order valence-corrected chi connectivity index (χ2v) is 3.33. The molecule has 0 unspecified atom stereocenters. The van der Waals surface area contributed by atoms with Gasteiger partial charge in [0, 0.05) is 13.2 Å². The average molecular weight is 157 g/mol. The van der Waals surface area contributed by atoms with Crippen molar-refractivity contribution in [1.82, 2.24) is 4.90 Å². The van der Waals surface area contributed by atoms with E-state index in [-0.39, 0.29) is 0 Å². The number of rotatable bonds is 0. The zero-order valence-corrected chi connectivity index (χ0v) is 7.51. The van der Waals surface area contributed by atoms with E-state index in [0.29, 0.717) is 0 Å². The van der Waals surface area contributed by atoms with Crippen LogP contribution in [-0.2, 0) is 4.74 Å². The zero-order chi connectivity index (χ0) is 7.94. The van der Waals surface area contributed by atoms with Gasteiger partial charge in [0.15, 0.2) is 0 Å². The molecule has 2 aliphatic rings. The van der Waals surface area contributed by atoms with Crippen LogP contribution < -0.4 is 0 Å². The van der Waals surface area contributed by atoms with E-state index in [1.165, 1.54) is 38.8 Å². The third-order valence-electron chi connectivity index (χ3n) is 2.16. The summed E-state index contributed by atoms with van der Waals surface area (Å²) in [5.74, 6) is 0. The van der Waals surface area contributed by atoms with Crippen molar-refractivity contribution < 1.29 is 4.74 Å². The van der Waals surface area contributed by atoms with E-state index in [1.54, 1.807) is 0 Å². The van der Waals surface area contributed by atoms with Crippen LogP contribution in [0.25, 0.3) is 0 Å². The Morgan fingerprint density at radius 1 is 0.909 bits per heavy atom. The summed E-state index contributed by atoms with van der Waals surface area (Å²) in [7, 11) is 2.17. The highest BCUT2D eigenvalue weighted by Crippen LogP contribution is 2.02. The topological polar surface area (TPSA) is 12.5 Å². The van der Waals surface area contributed by atoms with Crippen LogP contribution in [0, 0.1) is 0 Å². The van der Waals surface area contributed by atoms with Crippen LogP contribution in [0.15, 0.2) is 0 Å². The first-order valence-corrected chi connectivity index (χ1v) is 4.66. The van der Waals surface area contributed by atoms with Crippen LogP contribution in [-0.4, -0.2) is 38.3 Å². The highest BCUT2D eigenvalue weighted by Gasteiger charge is 2.03. The van der Waals surface area contributed by atoms with Crippen LogP contribution in [0.2, 0.25) is 0 Å². The summed E-state index contributed by atoms with van der Waals surface area (Å²) < 4.78 is 4.94. The first-order chi connectivity index (χ1) is 5.39. The molecule has 2 heteroatoms. The molecule has 2 nitrogen and oxygen atoms in total. The molecule has 0 aromatic heterocycles. The van der Waals surface area contributed by atoms with Gasteiger partial charge in [-0.15, -0.1) is 0 Å². The first kappa shape index (κ1) is 9.01. The first-order valence-electron chi connectivity index (χ1n) is 4.66. The van der Waals surface area contributed by atoms with Crippen LogP contribution >= 0.6 is 0 Å². The molecule has 0 amide bonds. The van der Waals surface area contributed by atoms with Gasteiger partial charge < -0.3 is 9.64 Å². The molecule has 2 fully saturated rings. The Labute approximate surface area is 69.5 Å². The summed E-state index contributed by atoms with van der Waals surface area (Å²) in [5, 5.41) is 0. The van der Waals surface area contributed by atoms with E-state index in [1.807, 2.05) is 0 Å². The highest BCUT2D eigenvalue weighted by molar-refractivity contribution is 4.59. The van der Waals surface area contributed by atoms with E-state index in [9.17, 15) is 0 Å². The second-order valence-electron chi connectivity index (χ2n) is 3.33. The average Bonchev–Trinajstić information content (AvgIpc) is 2.57. The van der Waals surface area contributed by atoms with Crippen molar-refractivity contribution >= 4 is 0 Å². The number of hydrogen-bond acceptors (Lipinski definition) is 2. The van der Waals surface area contributed by atoms with Crippen molar-refractivity contribution in [2.45, 2.75) is 25.7 Å². The summed E-state index contributed by atoms with van der Waals surface area (Å²) in [5.41, 5.74) is 0. The lowest BCUT2D eigenvalue weighted by molar-refractivity contribution is 0.198. The minimum atomic E-state index is 1.00. The lowest BCUT2D eigenvalue weighted by Gasteiger charge is -2.01. The van der Waals surface area contributed by atoms with Gasteiger partial charge in [-0.05, 0) is 45.8 Å². The fraction of sp³-hybridized carbons (Fsp3) is 1.00. The van der Waals surface area contributed by atoms with Gasteiger partial charge in [0.05, 0.1) is 0 Å². The number of ether oxygens (including phenoxy) is 1. The normalized spacial score (nSPS) is 24.8. The highest BCUT2D eigenvalue weighted by atomic mass is 16.5. The molecule has 0 aromatic carbocycles. The Morgan fingerprint density at radius 2 is 1.45 bits per heavy atom. The fourth-order valence-corrected chi connectivity index (χ4v) is 1.39. The molecule has 0 radical (unpaired) electrons. The predicted octanol–water partition coefficient (Wildman–Crippen LogP) is 1.51. The van der Waals surface area contributed by atoms with Crippen LogP contribution in [0.3, 0.4) is 0 Å². The summed E-state index contributed by atoms with van der Waals surface area (Å²) in [6, 6.07) is 0. The molecule has 2 aliphatic heterocycles.